The quantitative estimate of drug-likeness (QED) is 0.117. The predicted molar refractivity (Wildman–Crippen MR) is 95.9 cm³/mol. The Balaban J connectivity index is 2.68. The molecule has 0 aliphatic heterocycles. The Bertz CT molecular complexity index is 876. The van der Waals surface area contributed by atoms with Crippen LogP contribution in [-0.4, -0.2) is 35.7 Å². The van der Waals surface area contributed by atoms with Crippen LogP contribution in [0.3, 0.4) is 0 Å². The molecule has 12 heteroatoms. The lowest BCUT2D eigenvalue weighted by Crippen LogP contribution is -2.69. The van der Waals surface area contributed by atoms with Crippen LogP contribution in [0.5, 0.6) is 0 Å². The summed E-state index contributed by atoms with van der Waals surface area (Å²) >= 11 is 0. The molecule has 0 saturated carbocycles. The smallest absolute Gasteiger partial charge is 0.284 e. The average molecular weight is 404 g/mol. The molecule has 1 aliphatic carbocycles. The third-order valence-corrected chi connectivity index (χ3v) is 8.15. The first-order valence-electron chi connectivity index (χ1n) is 7.33. The summed E-state index contributed by atoms with van der Waals surface area (Å²) in [4.78, 5) is 0. The van der Waals surface area contributed by atoms with Crippen molar-refractivity contribution in [3.05, 3.63) is 54.1 Å². The lowest BCUT2D eigenvalue weighted by atomic mass is 9.87. The van der Waals surface area contributed by atoms with E-state index < -0.39 is 42.3 Å². The zero-order valence-corrected chi connectivity index (χ0v) is 15.1. The molecule has 0 saturated heterocycles. The second-order valence-electron chi connectivity index (χ2n) is 5.85. The van der Waals surface area contributed by atoms with E-state index in [2.05, 4.69) is 10.9 Å². The normalized spacial score (nSPS) is 22.5. The standard InChI is InChI=1S/C14H20N4O6S2/c15-17-13(18-16)9-8-12(7-6-11-4-2-1-3-5-11)14(10-13,25(19,20)21)26(22,23)24/h1-9,12,17-18H,10,15-16H2,(H,19,20,21)(H,22,23,24)/b7-6+. The molecule has 0 aromatic heterocycles. The number of hydrogen-bond acceptors (Lipinski definition) is 8. The minimum absolute atomic E-state index is 0.659. The summed E-state index contributed by atoms with van der Waals surface area (Å²) in [7, 11) is -10.6. The largest absolute Gasteiger partial charge is 0.288 e. The van der Waals surface area contributed by atoms with E-state index in [1.165, 1.54) is 24.3 Å². The van der Waals surface area contributed by atoms with Gasteiger partial charge in [-0.05, 0) is 5.56 Å². The highest BCUT2D eigenvalue weighted by Gasteiger charge is 2.63. The van der Waals surface area contributed by atoms with Gasteiger partial charge in [-0.3, -0.25) is 20.8 Å². The number of nitrogens with two attached hydrogens (primary N) is 2. The van der Waals surface area contributed by atoms with Crippen LogP contribution in [0, 0.1) is 5.92 Å². The van der Waals surface area contributed by atoms with Gasteiger partial charge < -0.3 is 0 Å². The highest BCUT2D eigenvalue weighted by Crippen LogP contribution is 2.43. The molecule has 10 nitrogen and oxygen atoms in total. The molecule has 1 unspecified atom stereocenters. The van der Waals surface area contributed by atoms with E-state index in [0.717, 1.165) is 0 Å². The monoisotopic (exact) mass is 404 g/mol. The van der Waals surface area contributed by atoms with Gasteiger partial charge in [-0.25, -0.2) is 10.9 Å². The fourth-order valence-corrected chi connectivity index (χ4v) is 5.76. The minimum atomic E-state index is -5.32. The molecule has 1 aromatic carbocycles. The van der Waals surface area contributed by atoms with Crippen LogP contribution in [0.1, 0.15) is 12.0 Å². The summed E-state index contributed by atoms with van der Waals surface area (Å²) in [5.74, 6) is 9.29. The van der Waals surface area contributed by atoms with Crippen molar-refractivity contribution in [3.63, 3.8) is 0 Å². The van der Waals surface area contributed by atoms with Gasteiger partial charge >= 0.3 is 0 Å². The van der Waals surface area contributed by atoms with Crippen molar-refractivity contribution in [2.45, 2.75) is 16.2 Å². The van der Waals surface area contributed by atoms with Gasteiger partial charge in [0.1, 0.15) is 5.66 Å². The Morgan fingerprint density at radius 3 is 2.04 bits per heavy atom. The number of hydrogen-bond donors (Lipinski definition) is 6. The number of allylic oxidation sites excluding steroid dienone is 2. The summed E-state index contributed by atoms with van der Waals surface area (Å²) < 4.78 is 64.9. The molecule has 8 N–H and O–H groups in total. The van der Waals surface area contributed by atoms with Crippen LogP contribution in [0.15, 0.2) is 48.6 Å². The predicted octanol–water partition coefficient (Wildman–Crippen LogP) is -0.629. The van der Waals surface area contributed by atoms with Gasteiger partial charge in [-0.15, -0.1) is 0 Å². The number of hydrazine groups is 2. The maximum absolute atomic E-state index is 12.1. The number of rotatable bonds is 6. The van der Waals surface area contributed by atoms with Gasteiger partial charge in [0.05, 0.1) is 0 Å². The van der Waals surface area contributed by atoms with E-state index in [4.69, 9.17) is 11.7 Å². The van der Waals surface area contributed by atoms with E-state index in [9.17, 15) is 25.9 Å². The highest BCUT2D eigenvalue weighted by atomic mass is 32.3. The van der Waals surface area contributed by atoms with Crippen LogP contribution < -0.4 is 22.5 Å². The second-order valence-corrected chi connectivity index (χ2v) is 9.47. The van der Waals surface area contributed by atoms with Crippen LogP contribution in [0.25, 0.3) is 6.08 Å². The molecule has 1 aliphatic rings. The number of benzene rings is 1. The molecule has 0 fully saturated rings. The Labute approximate surface area is 151 Å². The van der Waals surface area contributed by atoms with Gasteiger partial charge in [0.25, 0.3) is 20.2 Å². The Kier molecular flexibility index (Phi) is 5.70. The van der Waals surface area contributed by atoms with E-state index in [1.807, 2.05) is 0 Å². The van der Waals surface area contributed by atoms with Crippen LogP contribution in [0.4, 0.5) is 0 Å². The first-order chi connectivity index (χ1) is 12.0. The lowest BCUT2D eigenvalue weighted by molar-refractivity contribution is 0.255. The molecule has 2 rings (SSSR count). The van der Waals surface area contributed by atoms with E-state index in [-0.39, 0.29) is 0 Å². The molecular formula is C14H20N4O6S2. The molecule has 0 heterocycles. The van der Waals surface area contributed by atoms with Gasteiger partial charge in [0.2, 0.25) is 4.08 Å². The van der Waals surface area contributed by atoms with Gasteiger partial charge in [-0.2, -0.15) is 16.8 Å². The van der Waals surface area contributed by atoms with Crippen molar-refractivity contribution >= 4 is 26.3 Å². The molecule has 0 spiro atoms. The second kappa shape index (κ2) is 7.17. The van der Waals surface area contributed by atoms with Crippen molar-refractivity contribution in [3.8, 4) is 0 Å². The van der Waals surface area contributed by atoms with Crippen molar-refractivity contribution in [2.75, 3.05) is 0 Å². The molecule has 26 heavy (non-hydrogen) atoms. The van der Waals surface area contributed by atoms with Crippen LogP contribution in [-0.2, 0) is 20.2 Å². The van der Waals surface area contributed by atoms with Gasteiger partial charge in [-0.1, -0.05) is 54.6 Å². The van der Waals surface area contributed by atoms with E-state index >= 15 is 0 Å². The fraction of sp³-hybridized carbons (Fsp3) is 0.286. The Morgan fingerprint density at radius 2 is 1.58 bits per heavy atom. The molecule has 0 radical (unpaired) electrons. The fourth-order valence-electron chi connectivity index (χ4n) is 2.87. The maximum atomic E-state index is 12.1. The SMILES string of the molecule is NNC1(NN)C=CC(/C=C/c2ccccc2)C(S(=O)(=O)O)(S(=O)(=O)O)C1. The van der Waals surface area contributed by atoms with Gasteiger partial charge in [0.15, 0.2) is 0 Å². The van der Waals surface area contributed by atoms with Crippen LogP contribution >= 0.6 is 0 Å². The first kappa shape index (κ1) is 20.7. The Morgan fingerprint density at radius 1 is 1.04 bits per heavy atom. The lowest BCUT2D eigenvalue weighted by Gasteiger charge is -2.43. The summed E-state index contributed by atoms with van der Waals surface area (Å²) in [5.41, 5.74) is 3.29. The third-order valence-electron chi connectivity index (χ3n) is 4.31. The highest BCUT2D eigenvalue weighted by molar-refractivity contribution is 8.05. The summed E-state index contributed by atoms with van der Waals surface area (Å²) in [6.45, 7) is 0. The molecule has 0 amide bonds. The van der Waals surface area contributed by atoms with E-state index in [1.54, 1.807) is 30.3 Å². The van der Waals surface area contributed by atoms with Crippen LogP contribution in [0.2, 0.25) is 0 Å². The maximum Gasteiger partial charge on any atom is 0.288 e. The summed E-state index contributed by atoms with van der Waals surface area (Å²) in [5, 5.41) is 0. The average Bonchev–Trinajstić information content (AvgIpc) is 2.58. The Hall–Kier alpha value is -1.64. The van der Waals surface area contributed by atoms with Crippen molar-refractivity contribution < 1.29 is 25.9 Å². The minimum Gasteiger partial charge on any atom is -0.284 e. The molecular weight excluding hydrogens is 384 g/mol. The zero-order valence-electron chi connectivity index (χ0n) is 13.5. The zero-order chi connectivity index (χ0) is 19.6. The van der Waals surface area contributed by atoms with Crippen molar-refractivity contribution in [2.24, 2.45) is 17.6 Å². The molecule has 0 bridgehead atoms. The van der Waals surface area contributed by atoms with Crippen molar-refractivity contribution in [1.29, 1.82) is 0 Å². The van der Waals surface area contributed by atoms with E-state index in [0.29, 0.717) is 5.56 Å². The molecule has 1 aromatic rings. The molecule has 1 atom stereocenters. The number of nitrogens with one attached hydrogen (secondary N) is 2. The molecule has 144 valence electrons. The van der Waals surface area contributed by atoms with Gasteiger partial charge in [0, 0.05) is 12.3 Å². The summed E-state index contributed by atoms with van der Waals surface area (Å²) in [6.07, 6.45) is 4.33. The van der Waals surface area contributed by atoms with Crippen molar-refractivity contribution in [1.82, 2.24) is 10.9 Å². The first-order valence-corrected chi connectivity index (χ1v) is 10.2. The topological polar surface area (TPSA) is 185 Å². The third kappa shape index (κ3) is 3.58. The summed E-state index contributed by atoms with van der Waals surface area (Å²) in [6, 6.07) is 8.65.